The van der Waals surface area contributed by atoms with Gasteiger partial charge in [0.1, 0.15) is 0 Å². The van der Waals surface area contributed by atoms with Crippen LogP contribution >= 0.6 is 0 Å². The van der Waals surface area contributed by atoms with Crippen LogP contribution in [0.25, 0.3) is 5.84 Å². The number of aliphatic carboxylic acids is 2. The summed E-state index contributed by atoms with van der Waals surface area (Å²) < 4.78 is 0. The molecule has 0 aliphatic heterocycles. The normalized spacial score (nSPS) is 8.50. The van der Waals surface area contributed by atoms with E-state index in [-0.39, 0.29) is 42.4 Å². The molecule has 0 saturated heterocycles. The van der Waals surface area contributed by atoms with E-state index in [9.17, 15) is 9.59 Å². The number of rotatable bonds is 5. The predicted octanol–water partition coefficient (Wildman–Crippen LogP) is -2.08. The van der Waals surface area contributed by atoms with Crippen LogP contribution < -0.4 is 35.0 Å². The van der Waals surface area contributed by atoms with Crippen LogP contribution in [-0.2, 0) is 9.59 Å². The van der Waals surface area contributed by atoms with Gasteiger partial charge in [-0.25, -0.2) is 0 Å². The minimum absolute atomic E-state index is 0. The third-order valence-corrected chi connectivity index (χ3v) is 1.12. The number of carboxylic acid groups (broad SMARTS) is 2. The number of nitrogens with one attached hydrogen (secondary N) is 2. The number of nitriles is 2. The molecule has 0 saturated carbocycles. The van der Waals surface area contributed by atoms with E-state index in [0.717, 1.165) is 0 Å². The minimum atomic E-state index is -1.21. The van der Waals surface area contributed by atoms with Gasteiger partial charge in [-0.05, 0) is 6.42 Å². The van der Waals surface area contributed by atoms with Crippen LogP contribution in [-0.4, -0.2) is 28.2 Å². The molecule has 0 radical (unpaired) electrons. The Kier molecular flexibility index (Phi) is 30.1. The van der Waals surface area contributed by atoms with Crippen molar-refractivity contribution in [2.45, 2.75) is 32.7 Å². The van der Waals surface area contributed by atoms with Gasteiger partial charge < -0.3 is 21.5 Å². The summed E-state index contributed by atoms with van der Waals surface area (Å²) >= 11 is 0. The number of carboxylic acids is 2. The molecule has 0 fully saturated rings. The molecule has 4 N–H and O–H groups in total. The number of carbonyl (C=O) groups is 2. The molecule has 0 rings (SSSR count). The molecule has 0 aromatic heterocycles. The van der Waals surface area contributed by atoms with Gasteiger partial charge in [0.15, 0.2) is 0 Å². The van der Waals surface area contributed by atoms with Crippen LogP contribution in [0.2, 0.25) is 0 Å². The second kappa shape index (κ2) is 21.2. The third-order valence-electron chi connectivity index (χ3n) is 1.12. The molecule has 0 aliphatic carbocycles. The van der Waals surface area contributed by atoms with Crippen LogP contribution in [0.4, 0.5) is 0 Å². The van der Waals surface area contributed by atoms with Crippen molar-refractivity contribution in [2.75, 3.05) is 0 Å². The molecule has 0 amide bonds. The van der Waals surface area contributed by atoms with Crippen molar-refractivity contribution < 1.29 is 49.4 Å². The van der Waals surface area contributed by atoms with Crippen LogP contribution in [0.1, 0.15) is 26.7 Å². The molecule has 0 heterocycles. The molecule has 0 aromatic carbocycles. The molecular weight excluding hydrogens is 251 g/mol. The van der Waals surface area contributed by atoms with Gasteiger partial charge in [-0.1, -0.05) is 0 Å². The van der Waals surface area contributed by atoms with Gasteiger partial charge in [-0.2, -0.15) is 10.5 Å². The Labute approximate surface area is 128 Å². The van der Waals surface area contributed by atoms with E-state index in [4.69, 9.17) is 26.6 Å². The van der Waals surface area contributed by atoms with Crippen molar-refractivity contribution in [1.29, 1.82) is 10.5 Å². The molecule has 96 valence electrons. The van der Waals surface area contributed by atoms with Gasteiger partial charge in [-0.3, -0.25) is 9.59 Å². The average molecular weight is 266 g/mol. The van der Waals surface area contributed by atoms with E-state index >= 15 is 0 Å². The molecule has 1 atom stereocenters. The van der Waals surface area contributed by atoms with Crippen LogP contribution in [0, 0.1) is 22.7 Å². The van der Waals surface area contributed by atoms with E-state index in [2.05, 4.69) is 0 Å². The topological polar surface area (TPSA) is 158 Å². The fraction of sp³-hybridized carbons (Fsp3) is 0.556. The monoisotopic (exact) mass is 266 g/mol. The van der Waals surface area contributed by atoms with E-state index < -0.39 is 18.0 Å². The smallest absolute Gasteiger partial charge is 0.612 e. The summed E-state index contributed by atoms with van der Waals surface area (Å²) in [6.07, 6.45) is -0.322. The standard InChI is InChI=1S/C5H9N2O4.2C2H3N.Na/c6-7-3(5(10)11)1-2-4(8)9;2*1-2-3;/h3,6-7H,1-2H2,(H,8,9)(H,10,11);2*1H3;/q-1;;;+1/t3-;;;/m0.../s1. The fourth-order valence-electron chi connectivity index (χ4n) is 0.525. The van der Waals surface area contributed by atoms with Crippen LogP contribution in [0.5, 0.6) is 0 Å². The summed E-state index contributed by atoms with van der Waals surface area (Å²) in [6.45, 7) is 2.86. The maximum absolute atomic E-state index is 10.2. The van der Waals surface area contributed by atoms with Gasteiger partial charge in [0.05, 0.1) is 18.2 Å². The van der Waals surface area contributed by atoms with Gasteiger partial charge >= 0.3 is 41.5 Å². The second-order valence-corrected chi connectivity index (χ2v) is 2.41. The van der Waals surface area contributed by atoms with E-state index in [1.165, 1.54) is 13.8 Å². The largest absolute Gasteiger partial charge is 1.00 e. The summed E-state index contributed by atoms with van der Waals surface area (Å²) in [6, 6.07) is 2.41. The van der Waals surface area contributed by atoms with Crippen LogP contribution in [0.3, 0.4) is 0 Å². The minimum Gasteiger partial charge on any atom is -0.612 e. The Hall–Kier alpha value is -1.16. The Morgan fingerprint density at radius 3 is 1.78 bits per heavy atom. The first-order chi connectivity index (χ1) is 7.90. The van der Waals surface area contributed by atoms with Crippen molar-refractivity contribution >= 4 is 11.9 Å². The summed E-state index contributed by atoms with van der Waals surface area (Å²) in [4.78, 5) is 20.1. The van der Waals surface area contributed by atoms with Crippen molar-refractivity contribution in [3.8, 4) is 12.1 Å². The Morgan fingerprint density at radius 1 is 1.28 bits per heavy atom. The Balaban J connectivity index is -0.000000119. The molecule has 9 heteroatoms. The summed E-state index contributed by atoms with van der Waals surface area (Å²) in [7, 11) is 0. The molecule has 18 heavy (non-hydrogen) atoms. The maximum Gasteiger partial charge on any atom is 1.00 e. The Bertz CT molecular complexity index is 286. The first-order valence-corrected chi connectivity index (χ1v) is 4.39. The first kappa shape index (κ1) is 25.6. The molecule has 0 spiro atoms. The summed E-state index contributed by atoms with van der Waals surface area (Å²) in [5.41, 5.74) is 1.74. The third kappa shape index (κ3) is 29.4. The van der Waals surface area contributed by atoms with Crippen molar-refractivity contribution in [3.05, 3.63) is 5.84 Å². The SMILES string of the molecule is CC#N.CC#N.[NH-]N[C@@H](CCC(=O)O)C(=O)O.[Na+]. The van der Waals surface area contributed by atoms with Gasteiger partial charge in [-0.15, -0.1) is 0 Å². The van der Waals surface area contributed by atoms with Gasteiger partial charge in [0, 0.05) is 20.3 Å². The Morgan fingerprint density at radius 2 is 1.61 bits per heavy atom. The average Bonchev–Trinajstić information content (AvgIpc) is 2.20. The molecule has 8 nitrogen and oxygen atoms in total. The van der Waals surface area contributed by atoms with Gasteiger partial charge in [0.2, 0.25) is 0 Å². The molecule has 0 unspecified atom stereocenters. The zero-order valence-corrected chi connectivity index (χ0v) is 12.6. The number of hydrogen-bond donors (Lipinski definition) is 3. The van der Waals surface area contributed by atoms with Crippen molar-refractivity contribution in [1.82, 2.24) is 5.43 Å². The zero-order valence-electron chi connectivity index (χ0n) is 10.6. The van der Waals surface area contributed by atoms with E-state index in [1.54, 1.807) is 17.6 Å². The van der Waals surface area contributed by atoms with E-state index in [0.29, 0.717) is 0 Å². The second-order valence-electron chi connectivity index (χ2n) is 2.41. The maximum atomic E-state index is 10.2. The van der Waals surface area contributed by atoms with Crippen LogP contribution in [0.15, 0.2) is 0 Å². The quantitative estimate of drug-likeness (QED) is 0.380. The first-order valence-electron chi connectivity index (χ1n) is 4.39. The number of hydrogen-bond acceptors (Lipinski definition) is 5. The van der Waals surface area contributed by atoms with E-state index in [1.807, 2.05) is 0 Å². The van der Waals surface area contributed by atoms with Gasteiger partial charge in [0.25, 0.3) is 0 Å². The summed E-state index contributed by atoms with van der Waals surface area (Å²) in [5.74, 6) is 4.24. The molecule has 0 aliphatic rings. The molecule has 0 bridgehead atoms. The van der Waals surface area contributed by atoms with Crippen molar-refractivity contribution in [2.24, 2.45) is 0 Å². The predicted molar refractivity (Wildman–Crippen MR) is 58.3 cm³/mol. The summed E-state index contributed by atoms with van der Waals surface area (Å²) in [5, 5.41) is 31.1. The molecular formula is C9H15N4NaO4. The van der Waals surface area contributed by atoms with Crippen molar-refractivity contribution in [3.63, 3.8) is 0 Å². The molecule has 0 aromatic rings. The fourth-order valence-corrected chi connectivity index (χ4v) is 0.525. The number of nitrogens with zero attached hydrogens (tertiary/aromatic N) is 2. The zero-order chi connectivity index (χ0) is 14.3.